The molecule has 5 rings (SSSR count). The van der Waals surface area contributed by atoms with Gasteiger partial charge >= 0.3 is 12.2 Å². The Morgan fingerprint density at radius 2 is 1.45 bits per heavy atom. The Labute approximate surface area is 232 Å². The Kier molecular flexibility index (Phi) is 8.90. The number of halogens is 1. The van der Waals surface area contributed by atoms with Crippen molar-refractivity contribution in [3.63, 3.8) is 0 Å². The maximum Gasteiger partial charge on any atom is 0.417 e. The van der Waals surface area contributed by atoms with Crippen molar-refractivity contribution in [3.05, 3.63) is 90.2 Å². The van der Waals surface area contributed by atoms with Crippen molar-refractivity contribution in [1.29, 1.82) is 0 Å². The number of anilines is 1. The van der Waals surface area contributed by atoms with Crippen molar-refractivity contribution in [1.82, 2.24) is 4.90 Å². The molecular formula is C31H32FN3O5. The molecule has 1 saturated carbocycles. The molecule has 0 radical (unpaired) electrons. The lowest BCUT2D eigenvalue weighted by Crippen LogP contribution is -2.42. The van der Waals surface area contributed by atoms with Gasteiger partial charge in [0.15, 0.2) is 0 Å². The van der Waals surface area contributed by atoms with Crippen molar-refractivity contribution >= 4 is 23.6 Å². The SMILES string of the molecule is O=C(Nc1ccc(C2CCC(=NOC3CCN(C(=O)Oc4ccccc4)CC3)CC2)cc1F)Oc1ccccc1. The number of ether oxygens (including phenoxy) is 2. The number of hydrogen-bond donors (Lipinski definition) is 1. The number of oxime groups is 1. The number of nitrogens with one attached hydrogen (secondary N) is 1. The van der Waals surface area contributed by atoms with Gasteiger partial charge in [0.25, 0.3) is 0 Å². The Bertz CT molecular complexity index is 1320. The monoisotopic (exact) mass is 545 g/mol. The second kappa shape index (κ2) is 13.1. The Morgan fingerprint density at radius 1 is 0.825 bits per heavy atom. The number of piperidine rings is 1. The van der Waals surface area contributed by atoms with Crippen molar-refractivity contribution in [2.45, 2.75) is 50.5 Å². The molecule has 1 aliphatic heterocycles. The first kappa shape index (κ1) is 27.2. The summed E-state index contributed by atoms with van der Waals surface area (Å²) in [4.78, 5) is 32.0. The molecule has 0 unspecified atom stereocenters. The van der Waals surface area contributed by atoms with Crippen LogP contribution in [0.3, 0.4) is 0 Å². The maximum atomic E-state index is 14.7. The minimum absolute atomic E-state index is 0.0336. The lowest BCUT2D eigenvalue weighted by atomic mass is 9.83. The number of likely N-dealkylation sites (tertiary alicyclic amines) is 1. The van der Waals surface area contributed by atoms with Gasteiger partial charge in [0.05, 0.1) is 11.4 Å². The molecule has 0 atom stereocenters. The maximum absolute atomic E-state index is 14.7. The van der Waals surface area contributed by atoms with Gasteiger partial charge in [0.2, 0.25) is 0 Å². The molecule has 3 aromatic rings. The molecule has 3 aromatic carbocycles. The van der Waals surface area contributed by atoms with Gasteiger partial charge in [-0.05, 0) is 73.6 Å². The average Bonchev–Trinajstić information content (AvgIpc) is 2.99. The van der Waals surface area contributed by atoms with Gasteiger partial charge in [0, 0.05) is 25.9 Å². The number of benzene rings is 3. The highest BCUT2D eigenvalue weighted by atomic mass is 19.1. The number of hydrogen-bond acceptors (Lipinski definition) is 6. The highest BCUT2D eigenvalue weighted by molar-refractivity contribution is 5.86. The fraction of sp³-hybridized carbons (Fsp3) is 0.323. The van der Waals surface area contributed by atoms with Crippen LogP contribution in [0.15, 0.2) is 84.0 Å². The second-order valence-corrected chi connectivity index (χ2v) is 9.97. The molecule has 0 aromatic heterocycles. The molecule has 1 heterocycles. The molecule has 1 aliphatic carbocycles. The highest BCUT2D eigenvalue weighted by Crippen LogP contribution is 2.33. The van der Waals surface area contributed by atoms with Gasteiger partial charge in [-0.3, -0.25) is 5.32 Å². The van der Waals surface area contributed by atoms with Crippen LogP contribution in [-0.4, -0.2) is 42.0 Å². The summed E-state index contributed by atoms with van der Waals surface area (Å²) < 4.78 is 25.3. The van der Waals surface area contributed by atoms with E-state index in [-0.39, 0.29) is 23.8 Å². The lowest BCUT2D eigenvalue weighted by Gasteiger charge is -2.30. The molecule has 1 saturated heterocycles. The average molecular weight is 546 g/mol. The van der Waals surface area contributed by atoms with E-state index in [1.807, 2.05) is 30.3 Å². The predicted molar refractivity (Wildman–Crippen MR) is 149 cm³/mol. The fourth-order valence-corrected chi connectivity index (χ4v) is 4.94. The van der Waals surface area contributed by atoms with Gasteiger partial charge in [0.1, 0.15) is 23.4 Å². The number of carbonyl (C=O) groups is 2. The predicted octanol–water partition coefficient (Wildman–Crippen LogP) is 7.13. The molecule has 2 fully saturated rings. The van der Waals surface area contributed by atoms with Gasteiger partial charge in [-0.15, -0.1) is 0 Å². The summed E-state index contributed by atoms with van der Waals surface area (Å²) in [5, 5.41) is 6.88. The van der Waals surface area contributed by atoms with Crippen LogP contribution >= 0.6 is 0 Å². The van der Waals surface area contributed by atoms with E-state index in [1.165, 1.54) is 6.07 Å². The summed E-state index contributed by atoms with van der Waals surface area (Å²) >= 11 is 0. The number of amides is 2. The van der Waals surface area contributed by atoms with Crippen LogP contribution in [0.25, 0.3) is 0 Å². The number of rotatable bonds is 6. The van der Waals surface area contributed by atoms with E-state index < -0.39 is 11.9 Å². The van der Waals surface area contributed by atoms with Crippen molar-refractivity contribution in [3.8, 4) is 11.5 Å². The van der Waals surface area contributed by atoms with E-state index in [9.17, 15) is 14.0 Å². The summed E-state index contributed by atoms with van der Waals surface area (Å²) in [7, 11) is 0. The fourth-order valence-electron chi connectivity index (χ4n) is 4.94. The van der Waals surface area contributed by atoms with E-state index in [0.717, 1.165) is 37.0 Å². The number of para-hydroxylation sites is 2. The second-order valence-electron chi connectivity index (χ2n) is 9.97. The van der Waals surface area contributed by atoms with Crippen LogP contribution in [0.1, 0.15) is 50.0 Å². The summed E-state index contributed by atoms with van der Waals surface area (Å²) in [6.07, 6.45) is 3.51. The van der Waals surface area contributed by atoms with Crippen LogP contribution in [0, 0.1) is 5.82 Å². The third kappa shape index (κ3) is 7.37. The molecule has 0 bridgehead atoms. The zero-order valence-corrected chi connectivity index (χ0v) is 22.1. The number of nitrogens with zero attached hydrogens (tertiary/aromatic N) is 2. The first-order valence-corrected chi connectivity index (χ1v) is 13.6. The van der Waals surface area contributed by atoms with E-state index in [4.69, 9.17) is 14.3 Å². The van der Waals surface area contributed by atoms with E-state index >= 15 is 0 Å². The number of carbonyl (C=O) groups excluding carboxylic acids is 2. The smallest absolute Gasteiger partial charge is 0.410 e. The zero-order chi connectivity index (χ0) is 27.7. The summed E-state index contributed by atoms with van der Waals surface area (Å²) in [5.74, 6) is 0.628. The molecule has 2 aliphatic rings. The van der Waals surface area contributed by atoms with E-state index in [1.54, 1.807) is 47.4 Å². The highest BCUT2D eigenvalue weighted by Gasteiger charge is 2.26. The van der Waals surface area contributed by atoms with Crippen molar-refractivity contribution < 1.29 is 28.3 Å². The van der Waals surface area contributed by atoms with Crippen LogP contribution in [0.5, 0.6) is 11.5 Å². The van der Waals surface area contributed by atoms with Crippen molar-refractivity contribution in [2.75, 3.05) is 18.4 Å². The normalized spacial score (nSPS) is 17.6. The summed E-state index contributed by atoms with van der Waals surface area (Å²) in [5.41, 5.74) is 1.98. The third-order valence-corrected chi connectivity index (χ3v) is 7.20. The van der Waals surface area contributed by atoms with Crippen LogP contribution < -0.4 is 14.8 Å². The van der Waals surface area contributed by atoms with Gasteiger partial charge < -0.3 is 19.2 Å². The van der Waals surface area contributed by atoms with Gasteiger partial charge in [-0.2, -0.15) is 0 Å². The molecule has 40 heavy (non-hydrogen) atoms. The molecule has 2 amide bonds. The third-order valence-electron chi connectivity index (χ3n) is 7.20. The van der Waals surface area contributed by atoms with Crippen molar-refractivity contribution in [2.24, 2.45) is 5.16 Å². The largest absolute Gasteiger partial charge is 0.417 e. The summed E-state index contributed by atoms with van der Waals surface area (Å²) in [6, 6.07) is 22.6. The molecule has 8 nitrogen and oxygen atoms in total. The van der Waals surface area contributed by atoms with Crippen LogP contribution in [0.2, 0.25) is 0 Å². The molecular weight excluding hydrogens is 513 g/mol. The topological polar surface area (TPSA) is 89.5 Å². The van der Waals surface area contributed by atoms with Crippen LogP contribution in [-0.2, 0) is 4.84 Å². The molecule has 1 N–H and O–H groups in total. The first-order valence-electron chi connectivity index (χ1n) is 13.6. The molecule has 9 heteroatoms. The standard InChI is InChI=1S/C31H32FN3O5/c32-28-21-23(13-16-29(28)33-30(36)38-25-7-3-1-4-8-25)22-11-14-24(15-12-22)34-40-27-17-19-35(20-18-27)31(37)39-26-9-5-2-6-10-26/h1-10,13,16,21-22,27H,11-12,14-15,17-20H2,(H,33,36). The molecule has 0 spiro atoms. The van der Waals surface area contributed by atoms with Gasteiger partial charge in [-0.1, -0.05) is 47.6 Å². The van der Waals surface area contributed by atoms with E-state index in [2.05, 4.69) is 10.5 Å². The Hall–Kier alpha value is -4.40. The molecule has 208 valence electrons. The Morgan fingerprint density at radius 3 is 2.08 bits per heavy atom. The van der Waals surface area contributed by atoms with E-state index in [0.29, 0.717) is 37.4 Å². The zero-order valence-electron chi connectivity index (χ0n) is 22.1. The van der Waals surface area contributed by atoms with Gasteiger partial charge in [-0.25, -0.2) is 14.0 Å². The summed E-state index contributed by atoms with van der Waals surface area (Å²) in [6.45, 7) is 1.12. The Balaban J connectivity index is 1.04. The minimum Gasteiger partial charge on any atom is -0.410 e. The quantitative estimate of drug-likeness (QED) is 0.333. The first-order chi connectivity index (χ1) is 19.5. The minimum atomic E-state index is -0.742. The van der Waals surface area contributed by atoms with Crippen LogP contribution in [0.4, 0.5) is 19.7 Å². The lowest BCUT2D eigenvalue weighted by molar-refractivity contribution is 0.0134.